The fourth-order valence-electron chi connectivity index (χ4n) is 1.65. The van der Waals surface area contributed by atoms with Crippen LogP contribution < -0.4 is 0 Å². The lowest BCUT2D eigenvalue weighted by molar-refractivity contribution is 0.568. The number of rotatable bonds is 1. The van der Waals surface area contributed by atoms with Gasteiger partial charge in [-0.3, -0.25) is 0 Å². The molecule has 0 saturated heterocycles. The number of furan rings is 1. The van der Waals surface area contributed by atoms with Gasteiger partial charge in [0.15, 0.2) is 5.65 Å². The van der Waals surface area contributed by atoms with Gasteiger partial charge in [-0.25, -0.2) is 9.50 Å². The molecule has 3 aromatic heterocycles. The van der Waals surface area contributed by atoms with Crippen LogP contribution in [0.4, 0.5) is 0 Å². The molecule has 0 aliphatic heterocycles. The van der Waals surface area contributed by atoms with Crippen LogP contribution in [0.25, 0.3) is 16.8 Å². The van der Waals surface area contributed by atoms with Crippen LogP contribution in [0.5, 0.6) is 0 Å². The number of aromatic nitrogens is 3. The van der Waals surface area contributed by atoms with E-state index in [1.54, 1.807) is 17.0 Å². The van der Waals surface area contributed by atoms with Crippen molar-refractivity contribution in [2.24, 2.45) is 0 Å². The van der Waals surface area contributed by atoms with E-state index in [1.807, 2.05) is 25.1 Å². The van der Waals surface area contributed by atoms with Crippen molar-refractivity contribution in [3.8, 4) is 11.1 Å². The van der Waals surface area contributed by atoms with E-state index < -0.39 is 0 Å². The first-order chi connectivity index (χ1) is 7.74. The SMILES string of the molecule is Cc1nc2cc(-c3ccoc3)cc(Br)n2n1. The van der Waals surface area contributed by atoms with Crippen molar-refractivity contribution in [2.75, 3.05) is 0 Å². The Morgan fingerprint density at radius 1 is 1.31 bits per heavy atom. The molecule has 4 nitrogen and oxygen atoms in total. The highest BCUT2D eigenvalue weighted by Gasteiger charge is 2.07. The van der Waals surface area contributed by atoms with Gasteiger partial charge < -0.3 is 4.42 Å². The maximum absolute atomic E-state index is 5.07. The zero-order valence-corrected chi connectivity index (χ0v) is 10.1. The summed E-state index contributed by atoms with van der Waals surface area (Å²) in [7, 11) is 0. The van der Waals surface area contributed by atoms with Crippen molar-refractivity contribution in [3.63, 3.8) is 0 Å². The molecule has 0 spiro atoms. The highest BCUT2D eigenvalue weighted by Crippen LogP contribution is 2.25. The molecular formula is C11H8BrN3O. The molecule has 0 aromatic carbocycles. The van der Waals surface area contributed by atoms with Crippen molar-refractivity contribution in [2.45, 2.75) is 6.92 Å². The normalized spacial score (nSPS) is 11.1. The summed E-state index contributed by atoms with van der Waals surface area (Å²) in [5.41, 5.74) is 2.91. The van der Waals surface area contributed by atoms with E-state index >= 15 is 0 Å². The predicted octanol–water partition coefficient (Wildman–Crippen LogP) is 3.06. The van der Waals surface area contributed by atoms with Crippen molar-refractivity contribution in [1.29, 1.82) is 0 Å². The topological polar surface area (TPSA) is 43.3 Å². The molecule has 5 heteroatoms. The lowest BCUT2D eigenvalue weighted by atomic mass is 10.1. The molecule has 0 saturated carbocycles. The lowest BCUT2D eigenvalue weighted by Crippen LogP contribution is -1.90. The lowest BCUT2D eigenvalue weighted by Gasteiger charge is -2.00. The molecule has 0 bridgehead atoms. The third-order valence-corrected chi connectivity index (χ3v) is 2.92. The first kappa shape index (κ1) is 9.59. The largest absolute Gasteiger partial charge is 0.472 e. The first-order valence-corrected chi connectivity index (χ1v) is 5.59. The van der Waals surface area contributed by atoms with Crippen LogP contribution in [0.15, 0.2) is 39.7 Å². The summed E-state index contributed by atoms with van der Waals surface area (Å²) >= 11 is 3.48. The Morgan fingerprint density at radius 3 is 2.94 bits per heavy atom. The van der Waals surface area contributed by atoms with Gasteiger partial charge in [0.25, 0.3) is 0 Å². The second-order valence-electron chi connectivity index (χ2n) is 3.51. The summed E-state index contributed by atoms with van der Waals surface area (Å²) in [6.07, 6.45) is 3.37. The van der Waals surface area contributed by atoms with E-state index in [-0.39, 0.29) is 0 Å². The van der Waals surface area contributed by atoms with Crippen molar-refractivity contribution >= 4 is 21.6 Å². The van der Waals surface area contributed by atoms with Gasteiger partial charge in [0.05, 0.1) is 12.5 Å². The molecule has 3 heterocycles. The molecule has 0 atom stereocenters. The second-order valence-corrected chi connectivity index (χ2v) is 4.32. The molecule has 0 amide bonds. The quantitative estimate of drug-likeness (QED) is 0.642. The Kier molecular flexibility index (Phi) is 2.07. The molecule has 0 aliphatic carbocycles. The number of fused-ring (bicyclic) bond motifs is 1. The van der Waals surface area contributed by atoms with Gasteiger partial charge in [0.2, 0.25) is 0 Å². The van der Waals surface area contributed by atoms with Gasteiger partial charge in [-0.1, -0.05) is 0 Å². The number of hydrogen-bond donors (Lipinski definition) is 0. The number of halogens is 1. The van der Waals surface area contributed by atoms with Gasteiger partial charge in [0, 0.05) is 5.56 Å². The highest BCUT2D eigenvalue weighted by atomic mass is 79.9. The maximum atomic E-state index is 5.07. The second kappa shape index (κ2) is 3.45. The van der Waals surface area contributed by atoms with Crippen LogP contribution in [0, 0.1) is 6.92 Å². The predicted molar refractivity (Wildman–Crippen MR) is 63.1 cm³/mol. The number of pyridine rings is 1. The van der Waals surface area contributed by atoms with Crippen LogP contribution in [-0.2, 0) is 0 Å². The smallest absolute Gasteiger partial charge is 0.157 e. The average Bonchev–Trinajstić information content (AvgIpc) is 2.84. The molecule has 0 radical (unpaired) electrons. The van der Waals surface area contributed by atoms with Crippen LogP contribution in [-0.4, -0.2) is 14.6 Å². The molecule has 3 aromatic rings. The average molecular weight is 278 g/mol. The minimum atomic E-state index is 0.755. The van der Waals surface area contributed by atoms with Gasteiger partial charge in [0.1, 0.15) is 10.4 Å². The molecule has 3 rings (SSSR count). The van der Waals surface area contributed by atoms with E-state index in [4.69, 9.17) is 4.42 Å². The first-order valence-electron chi connectivity index (χ1n) is 4.79. The zero-order valence-electron chi connectivity index (χ0n) is 8.51. The molecule has 0 aliphatic rings. The van der Waals surface area contributed by atoms with Gasteiger partial charge in [-0.2, -0.15) is 5.10 Å². The Balaban J connectivity index is 2.28. The molecule has 80 valence electrons. The Morgan fingerprint density at radius 2 is 2.19 bits per heavy atom. The standard InChI is InChI=1S/C11H8BrN3O/c1-7-13-11-5-9(8-2-3-16-6-8)4-10(12)15(11)14-7/h2-6H,1H3. The van der Waals surface area contributed by atoms with Crippen molar-refractivity contribution in [1.82, 2.24) is 14.6 Å². The molecule has 16 heavy (non-hydrogen) atoms. The van der Waals surface area contributed by atoms with E-state index in [2.05, 4.69) is 26.0 Å². The Hall–Kier alpha value is -1.62. The summed E-state index contributed by atoms with van der Waals surface area (Å²) in [6.45, 7) is 1.87. The zero-order chi connectivity index (χ0) is 11.1. The number of hydrogen-bond acceptors (Lipinski definition) is 3. The minimum absolute atomic E-state index is 0.755. The van der Waals surface area contributed by atoms with Crippen molar-refractivity contribution < 1.29 is 4.42 Å². The summed E-state index contributed by atoms with van der Waals surface area (Å²) in [6, 6.07) is 5.89. The maximum Gasteiger partial charge on any atom is 0.157 e. The van der Waals surface area contributed by atoms with Crippen LogP contribution in [0.2, 0.25) is 0 Å². The Labute approximate surface area is 100 Å². The molecule has 0 N–H and O–H groups in total. The number of nitrogens with zero attached hydrogens (tertiary/aromatic N) is 3. The number of aryl methyl sites for hydroxylation is 1. The monoisotopic (exact) mass is 277 g/mol. The summed E-state index contributed by atoms with van der Waals surface area (Å²) in [5, 5.41) is 4.27. The third kappa shape index (κ3) is 1.44. The summed E-state index contributed by atoms with van der Waals surface area (Å²) < 4.78 is 7.71. The summed E-state index contributed by atoms with van der Waals surface area (Å²) in [4.78, 5) is 4.34. The van der Waals surface area contributed by atoms with Gasteiger partial charge in [-0.05, 0) is 46.6 Å². The van der Waals surface area contributed by atoms with Crippen LogP contribution in [0.1, 0.15) is 5.82 Å². The molecular weight excluding hydrogens is 270 g/mol. The van der Waals surface area contributed by atoms with E-state index in [9.17, 15) is 0 Å². The highest BCUT2D eigenvalue weighted by molar-refractivity contribution is 9.10. The van der Waals surface area contributed by atoms with Gasteiger partial charge in [-0.15, -0.1) is 0 Å². The minimum Gasteiger partial charge on any atom is -0.472 e. The fourth-order valence-corrected chi connectivity index (χ4v) is 2.16. The van der Waals surface area contributed by atoms with Crippen LogP contribution in [0.3, 0.4) is 0 Å². The van der Waals surface area contributed by atoms with Gasteiger partial charge >= 0.3 is 0 Å². The summed E-state index contributed by atoms with van der Waals surface area (Å²) in [5.74, 6) is 0.755. The molecule has 0 fully saturated rings. The Bertz CT molecular complexity index is 643. The fraction of sp³-hybridized carbons (Fsp3) is 0.0909. The van der Waals surface area contributed by atoms with E-state index in [0.29, 0.717) is 0 Å². The van der Waals surface area contributed by atoms with Crippen LogP contribution >= 0.6 is 15.9 Å². The third-order valence-electron chi connectivity index (χ3n) is 2.35. The van der Waals surface area contributed by atoms with E-state index in [1.165, 1.54) is 0 Å². The molecule has 0 unspecified atom stereocenters. The van der Waals surface area contributed by atoms with Crippen molar-refractivity contribution in [3.05, 3.63) is 41.2 Å². The van der Waals surface area contributed by atoms with E-state index in [0.717, 1.165) is 27.2 Å².